The van der Waals surface area contributed by atoms with Crippen LogP contribution in [0.1, 0.15) is 43.7 Å². The lowest BCUT2D eigenvalue weighted by atomic mass is 10.1. The van der Waals surface area contributed by atoms with Crippen LogP contribution in [-0.4, -0.2) is 28.2 Å². The van der Waals surface area contributed by atoms with Crippen LogP contribution in [0.5, 0.6) is 0 Å². The number of ether oxygens (including phenoxy) is 1. The van der Waals surface area contributed by atoms with Gasteiger partial charge in [0.15, 0.2) is 0 Å². The molecule has 22 heavy (non-hydrogen) atoms. The number of hydrogen-bond donors (Lipinski definition) is 2. The average Bonchev–Trinajstić information content (AvgIpc) is 3.15. The maximum Gasteiger partial charge on any atom is 0.147 e. The molecule has 6 nitrogen and oxygen atoms in total. The molecule has 1 aromatic rings. The highest BCUT2D eigenvalue weighted by Gasteiger charge is 2.28. The molecule has 3 N–H and O–H groups in total. The van der Waals surface area contributed by atoms with Crippen molar-refractivity contribution in [1.82, 2.24) is 4.57 Å². The molecule has 2 heterocycles. The first-order valence-corrected chi connectivity index (χ1v) is 7.33. The zero-order chi connectivity index (χ0) is 16.5. The maximum absolute atomic E-state index is 9.14. The van der Waals surface area contributed by atoms with Gasteiger partial charge in [-0.2, -0.15) is 0 Å². The van der Waals surface area contributed by atoms with Crippen molar-refractivity contribution in [3.05, 3.63) is 35.8 Å². The monoisotopic (exact) mass is 304 g/mol. The molecule has 6 heteroatoms. The van der Waals surface area contributed by atoms with Crippen molar-refractivity contribution in [1.29, 1.82) is 5.26 Å². The van der Waals surface area contributed by atoms with Crippen LogP contribution in [0, 0.1) is 11.8 Å². The van der Waals surface area contributed by atoms with E-state index in [2.05, 4.69) is 18.5 Å². The number of nitrogens with zero attached hydrogens (tertiary/aromatic N) is 3. The second-order valence-electron chi connectivity index (χ2n) is 5.02. The third-order valence-corrected chi connectivity index (χ3v) is 3.62. The summed E-state index contributed by atoms with van der Waals surface area (Å²) in [7, 11) is 1.96. The van der Waals surface area contributed by atoms with E-state index < -0.39 is 0 Å². The molecule has 0 spiro atoms. The highest BCUT2D eigenvalue weighted by Crippen LogP contribution is 2.33. The summed E-state index contributed by atoms with van der Waals surface area (Å²) in [5.41, 5.74) is 7.96. The lowest BCUT2D eigenvalue weighted by molar-refractivity contribution is 0.00814. The van der Waals surface area contributed by atoms with Gasteiger partial charge in [-0.1, -0.05) is 13.0 Å². The summed E-state index contributed by atoms with van der Waals surface area (Å²) in [6.45, 7) is 5.64. The molecular weight excluding hydrogens is 280 g/mol. The number of aliphatic hydroxyl groups is 1. The van der Waals surface area contributed by atoms with E-state index in [1.807, 2.05) is 29.8 Å². The normalized spacial score (nSPS) is 21.8. The Kier molecular flexibility index (Phi) is 7.37. The average molecular weight is 304 g/mol. The van der Waals surface area contributed by atoms with Gasteiger partial charge in [-0.25, -0.2) is 10.3 Å². The predicted molar refractivity (Wildman–Crippen MR) is 86.2 cm³/mol. The lowest BCUT2D eigenvalue weighted by Gasteiger charge is -2.14. The molecule has 2 rings (SSSR count). The van der Waals surface area contributed by atoms with E-state index in [4.69, 9.17) is 20.8 Å². The van der Waals surface area contributed by atoms with Crippen molar-refractivity contribution < 1.29 is 9.84 Å². The SMILES string of the molecule is C#N.CC/C=C/N=C(N)c1ccc(C2CCC(CO)O2)n1C. The maximum atomic E-state index is 9.14. The molecule has 0 saturated carbocycles. The van der Waals surface area contributed by atoms with E-state index >= 15 is 0 Å². The fraction of sp³-hybridized carbons (Fsp3) is 0.500. The number of allylic oxidation sites excluding steroid dienone is 1. The van der Waals surface area contributed by atoms with Gasteiger partial charge in [0, 0.05) is 25.5 Å². The number of nitriles is 1. The van der Waals surface area contributed by atoms with Crippen LogP contribution in [0.3, 0.4) is 0 Å². The summed E-state index contributed by atoms with van der Waals surface area (Å²) in [5, 5.41) is 15.6. The number of amidine groups is 1. The van der Waals surface area contributed by atoms with Gasteiger partial charge in [-0.05, 0) is 31.4 Å². The highest BCUT2D eigenvalue weighted by molar-refractivity contribution is 5.96. The minimum atomic E-state index is -0.0446. The lowest BCUT2D eigenvalue weighted by Crippen LogP contribution is -2.18. The van der Waals surface area contributed by atoms with Crippen LogP contribution < -0.4 is 5.73 Å². The van der Waals surface area contributed by atoms with Crippen LogP contribution in [0.15, 0.2) is 29.4 Å². The molecule has 1 fully saturated rings. The van der Waals surface area contributed by atoms with E-state index in [0.29, 0.717) is 5.84 Å². The van der Waals surface area contributed by atoms with E-state index in [1.54, 1.807) is 6.20 Å². The van der Waals surface area contributed by atoms with Crippen molar-refractivity contribution in [3.63, 3.8) is 0 Å². The number of hydrogen-bond acceptors (Lipinski definition) is 4. The van der Waals surface area contributed by atoms with Gasteiger partial charge in [0.1, 0.15) is 5.84 Å². The molecule has 0 amide bonds. The van der Waals surface area contributed by atoms with Crippen LogP contribution in [0.4, 0.5) is 0 Å². The summed E-state index contributed by atoms with van der Waals surface area (Å²) in [5.74, 6) is 0.500. The molecule has 2 atom stereocenters. The Morgan fingerprint density at radius 3 is 2.86 bits per heavy atom. The Labute approximate surface area is 131 Å². The second kappa shape index (κ2) is 9.03. The van der Waals surface area contributed by atoms with Crippen molar-refractivity contribution in [2.24, 2.45) is 17.8 Å². The molecule has 1 aromatic heterocycles. The van der Waals surface area contributed by atoms with Crippen molar-refractivity contribution in [2.75, 3.05) is 6.61 Å². The van der Waals surface area contributed by atoms with Gasteiger partial charge in [0.05, 0.1) is 24.5 Å². The first-order chi connectivity index (χ1) is 10.7. The fourth-order valence-corrected chi connectivity index (χ4v) is 2.47. The smallest absolute Gasteiger partial charge is 0.147 e. The number of nitrogens with two attached hydrogens (primary N) is 1. The third-order valence-electron chi connectivity index (χ3n) is 3.62. The largest absolute Gasteiger partial charge is 0.394 e. The summed E-state index contributed by atoms with van der Waals surface area (Å²) in [4.78, 5) is 4.23. The molecule has 0 aliphatic carbocycles. The van der Waals surface area contributed by atoms with Gasteiger partial charge >= 0.3 is 0 Å². The van der Waals surface area contributed by atoms with Gasteiger partial charge in [-0.3, -0.25) is 0 Å². The molecule has 2 unspecified atom stereocenters. The van der Waals surface area contributed by atoms with Crippen LogP contribution >= 0.6 is 0 Å². The second-order valence-corrected chi connectivity index (χ2v) is 5.02. The van der Waals surface area contributed by atoms with E-state index in [1.165, 1.54) is 0 Å². The van der Waals surface area contributed by atoms with Crippen LogP contribution in [0.25, 0.3) is 0 Å². The highest BCUT2D eigenvalue weighted by atomic mass is 16.5. The van der Waals surface area contributed by atoms with E-state index in [0.717, 1.165) is 30.7 Å². The number of rotatable bonds is 5. The van der Waals surface area contributed by atoms with Gasteiger partial charge in [0.2, 0.25) is 0 Å². The molecule has 1 aliphatic heterocycles. The first kappa shape index (κ1) is 18.0. The van der Waals surface area contributed by atoms with Crippen molar-refractivity contribution >= 4 is 5.84 Å². The molecule has 120 valence electrons. The summed E-state index contributed by atoms with van der Waals surface area (Å²) < 4.78 is 7.82. The summed E-state index contributed by atoms with van der Waals surface area (Å²) in [6, 6.07) is 3.98. The van der Waals surface area contributed by atoms with Crippen molar-refractivity contribution in [2.45, 2.75) is 38.4 Å². The number of aromatic nitrogens is 1. The summed E-state index contributed by atoms with van der Waals surface area (Å²) >= 11 is 0. The Morgan fingerprint density at radius 1 is 1.55 bits per heavy atom. The van der Waals surface area contributed by atoms with E-state index in [9.17, 15) is 0 Å². The van der Waals surface area contributed by atoms with Crippen LogP contribution in [0.2, 0.25) is 0 Å². The predicted octanol–water partition coefficient (Wildman–Crippen LogP) is 2.01. The number of aliphatic hydroxyl groups excluding tert-OH is 1. The summed E-state index contributed by atoms with van der Waals surface area (Å²) in [6.07, 6.45) is 6.44. The third kappa shape index (κ3) is 4.20. The molecule has 1 saturated heterocycles. The molecule has 1 aliphatic rings. The molecular formula is C16H24N4O2. The minimum Gasteiger partial charge on any atom is -0.394 e. The zero-order valence-electron chi connectivity index (χ0n) is 13.1. The molecule has 0 aromatic carbocycles. The first-order valence-electron chi connectivity index (χ1n) is 7.33. The van der Waals surface area contributed by atoms with E-state index in [-0.39, 0.29) is 18.8 Å². The Balaban J connectivity index is 0.00000116. The Hall–Kier alpha value is -2.10. The van der Waals surface area contributed by atoms with Gasteiger partial charge in [0.25, 0.3) is 0 Å². The quantitative estimate of drug-likeness (QED) is 0.642. The molecule has 0 bridgehead atoms. The van der Waals surface area contributed by atoms with Gasteiger partial charge < -0.3 is 20.1 Å². The Morgan fingerprint density at radius 2 is 2.27 bits per heavy atom. The number of aliphatic imine (C=N–C) groups is 1. The van der Waals surface area contributed by atoms with Crippen molar-refractivity contribution in [3.8, 4) is 6.57 Å². The Bertz CT molecular complexity index is 546. The standard InChI is InChI=1S/C15H23N3O2.CHN/c1-3-4-9-17-15(16)13-7-6-12(18(13)2)14-8-5-11(10-19)20-14;1-2/h4,6-7,9,11,14,19H,3,5,8,10H2,1-2H3,(H2,16,17);1H/b9-4+;. The fourth-order valence-electron chi connectivity index (χ4n) is 2.47. The molecule has 0 radical (unpaired) electrons. The zero-order valence-corrected chi connectivity index (χ0v) is 13.1. The minimum absolute atomic E-state index is 0.0323. The topological polar surface area (TPSA) is 96.6 Å². The van der Waals surface area contributed by atoms with Crippen LogP contribution in [-0.2, 0) is 11.8 Å². The van der Waals surface area contributed by atoms with Gasteiger partial charge in [-0.15, -0.1) is 0 Å².